The van der Waals surface area contributed by atoms with Gasteiger partial charge in [0.05, 0.1) is 5.25 Å². The van der Waals surface area contributed by atoms with Crippen LogP contribution in [0.2, 0.25) is 5.15 Å². The molecule has 0 N–H and O–H groups in total. The highest BCUT2D eigenvalue weighted by molar-refractivity contribution is 7.91. The molecule has 0 saturated carbocycles. The lowest BCUT2D eigenvalue weighted by atomic mass is 10.2. The molecule has 7 nitrogen and oxygen atoms in total. The number of hydrogen-bond donors (Lipinski definition) is 0. The first-order chi connectivity index (χ1) is 10.5. The van der Waals surface area contributed by atoms with E-state index in [1.807, 2.05) is 0 Å². The number of hydrogen-bond acceptors (Lipinski definition) is 6. The summed E-state index contributed by atoms with van der Waals surface area (Å²) in [5.41, 5.74) is -0.0193. The van der Waals surface area contributed by atoms with E-state index in [0.29, 0.717) is 18.5 Å². The molecule has 2 rings (SSSR count). The first-order valence-electron chi connectivity index (χ1n) is 7.21. The van der Waals surface area contributed by atoms with E-state index in [1.165, 1.54) is 11.1 Å². The summed E-state index contributed by atoms with van der Waals surface area (Å²) >= 11 is 5.88. The minimum atomic E-state index is -3.74. The van der Waals surface area contributed by atoms with Crippen LogP contribution >= 0.6 is 11.6 Å². The maximum Gasteiger partial charge on any atom is 0.410 e. The fourth-order valence-electron chi connectivity index (χ4n) is 2.17. The van der Waals surface area contributed by atoms with E-state index in [0.717, 1.165) is 0 Å². The molecule has 1 aromatic rings. The van der Waals surface area contributed by atoms with Gasteiger partial charge in [0, 0.05) is 24.8 Å². The zero-order valence-corrected chi connectivity index (χ0v) is 15.1. The number of carbonyl (C=O) groups excluding carboxylic acids is 1. The van der Waals surface area contributed by atoms with Gasteiger partial charge in [-0.15, -0.1) is 0 Å². The molecule has 0 radical (unpaired) electrons. The number of amides is 1. The molecule has 1 aliphatic rings. The molecule has 0 bridgehead atoms. The zero-order valence-electron chi connectivity index (χ0n) is 13.5. The molecule has 1 fully saturated rings. The highest BCUT2D eigenvalue weighted by Crippen LogP contribution is 2.24. The topological polar surface area (TPSA) is 89.5 Å². The molecule has 128 valence electrons. The molecular formula is C14H20ClN3O4S. The Bertz CT molecular complexity index is 715. The summed E-state index contributed by atoms with van der Waals surface area (Å²) in [6.07, 6.45) is 1.18. The fraction of sp³-hybridized carbons (Fsp3) is 0.643. The Balaban J connectivity index is 2.14. The van der Waals surface area contributed by atoms with Crippen molar-refractivity contribution < 1.29 is 17.9 Å². The smallest absolute Gasteiger partial charge is 0.410 e. The first-order valence-corrected chi connectivity index (χ1v) is 9.14. The quantitative estimate of drug-likeness (QED) is 0.592. The molecule has 23 heavy (non-hydrogen) atoms. The van der Waals surface area contributed by atoms with Crippen LogP contribution in [-0.4, -0.2) is 53.3 Å². The maximum atomic E-state index is 12.6. The van der Waals surface area contributed by atoms with Crippen molar-refractivity contribution >= 4 is 27.5 Å². The lowest BCUT2D eigenvalue weighted by Gasteiger charge is -2.24. The molecule has 1 aliphatic heterocycles. The highest BCUT2D eigenvalue weighted by Gasteiger charge is 2.39. The predicted octanol–water partition coefficient (Wildman–Crippen LogP) is 2.22. The van der Waals surface area contributed by atoms with Crippen LogP contribution in [0.5, 0.6) is 0 Å². The van der Waals surface area contributed by atoms with E-state index in [2.05, 4.69) is 9.97 Å². The molecule has 1 saturated heterocycles. The second-order valence-electron chi connectivity index (χ2n) is 6.51. The number of likely N-dealkylation sites (tertiary alicyclic amines) is 1. The van der Waals surface area contributed by atoms with E-state index in [1.54, 1.807) is 27.7 Å². The maximum absolute atomic E-state index is 12.6. The van der Waals surface area contributed by atoms with Crippen LogP contribution in [0.15, 0.2) is 11.4 Å². The third kappa shape index (κ3) is 4.11. The van der Waals surface area contributed by atoms with Crippen molar-refractivity contribution in [2.24, 2.45) is 0 Å². The van der Waals surface area contributed by atoms with Crippen molar-refractivity contribution in [3.63, 3.8) is 0 Å². The van der Waals surface area contributed by atoms with Crippen LogP contribution in [0.4, 0.5) is 4.79 Å². The molecule has 9 heteroatoms. The molecule has 1 atom stereocenters. The standard InChI is InChI=1S/C14H20ClN3O4S/c1-9-7-16-12(17-11(9)15)23(20,21)10-5-6-18(8-10)13(19)22-14(2,3)4/h7,10H,5-6,8H2,1-4H3. The number of aromatic nitrogens is 2. The predicted molar refractivity (Wildman–Crippen MR) is 85.2 cm³/mol. The van der Waals surface area contributed by atoms with E-state index in [9.17, 15) is 13.2 Å². The van der Waals surface area contributed by atoms with Gasteiger partial charge in [0.25, 0.3) is 0 Å². The number of nitrogens with zero attached hydrogens (tertiary/aromatic N) is 3. The Kier molecular flexibility index (Phi) is 4.86. The third-order valence-electron chi connectivity index (χ3n) is 3.38. The molecule has 0 aromatic carbocycles. The van der Waals surface area contributed by atoms with Crippen LogP contribution in [-0.2, 0) is 14.6 Å². The first kappa shape index (κ1) is 17.9. The summed E-state index contributed by atoms with van der Waals surface area (Å²) in [4.78, 5) is 21.1. The van der Waals surface area contributed by atoms with Gasteiger partial charge in [-0.25, -0.2) is 23.2 Å². The third-order valence-corrected chi connectivity index (χ3v) is 5.73. The average molecular weight is 362 g/mol. The number of sulfone groups is 1. The molecule has 1 amide bonds. The molecule has 2 heterocycles. The zero-order chi connectivity index (χ0) is 17.4. The SMILES string of the molecule is Cc1cnc(S(=O)(=O)C2CCN(C(=O)OC(C)(C)C)C2)nc1Cl. The highest BCUT2D eigenvalue weighted by atomic mass is 35.5. The molecule has 1 unspecified atom stereocenters. The summed E-state index contributed by atoms with van der Waals surface area (Å²) in [6, 6.07) is 0. The van der Waals surface area contributed by atoms with Gasteiger partial charge in [0.15, 0.2) is 0 Å². The van der Waals surface area contributed by atoms with Gasteiger partial charge in [-0.3, -0.25) is 0 Å². The lowest BCUT2D eigenvalue weighted by Crippen LogP contribution is -2.37. The number of rotatable bonds is 2. The fourth-order valence-corrected chi connectivity index (χ4v) is 3.85. The minimum Gasteiger partial charge on any atom is -0.444 e. The van der Waals surface area contributed by atoms with E-state index >= 15 is 0 Å². The van der Waals surface area contributed by atoms with E-state index in [-0.39, 0.29) is 16.9 Å². The van der Waals surface area contributed by atoms with Crippen LogP contribution in [0.1, 0.15) is 32.8 Å². The van der Waals surface area contributed by atoms with Crippen LogP contribution < -0.4 is 0 Å². The van der Waals surface area contributed by atoms with Gasteiger partial charge in [0.1, 0.15) is 10.8 Å². The molecular weight excluding hydrogens is 342 g/mol. The summed E-state index contributed by atoms with van der Waals surface area (Å²) in [5, 5.41) is -0.946. The van der Waals surface area contributed by atoms with Crippen molar-refractivity contribution in [1.29, 1.82) is 0 Å². The Labute approximate surface area is 140 Å². The van der Waals surface area contributed by atoms with Crippen LogP contribution in [0.3, 0.4) is 0 Å². The van der Waals surface area contributed by atoms with Crippen LogP contribution in [0, 0.1) is 6.92 Å². The van der Waals surface area contributed by atoms with Crippen molar-refractivity contribution in [3.05, 3.63) is 16.9 Å². The van der Waals surface area contributed by atoms with Crippen molar-refractivity contribution in [2.75, 3.05) is 13.1 Å². The van der Waals surface area contributed by atoms with Crippen molar-refractivity contribution in [2.45, 2.75) is 50.1 Å². The summed E-state index contributed by atoms with van der Waals surface area (Å²) in [6.45, 7) is 7.36. The molecule has 0 spiro atoms. The Hall–Kier alpha value is -1.41. The average Bonchev–Trinajstić information content (AvgIpc) is 2.90. The lowest BCUT2D eigenvalue weighted by molar-refractivity contribution is 0.0295. The second kappa shape index (κ2) is 6.24. The monoisotopic (exact) mass is 361 g/mol. The number of aryl methyl sites for hydroxylation is 1. The van der Waals surface area contributed by atoms with Gasteiger partial charge in [-0.2, -0.15) is 0 Å². The minimum absolute atomic E-state index is 0.0616. The van der Waals surface area contributed by atoms with Gasteiger partial charge >= 0.3 is 6.09 Å². The van der Waals surface area contributed by atoms with Crippen molar-refractivity contribution in [3.8, 4) is 0 Å². The van der Waals surface area contributed by atoms with Gasteiger partial charge in [-0.1, -0.05) is 11.6 Å². The van der Waals surface area contributed by atoms with E-state index in [4.69, 9.17) is 16.3 Å². The summed E-state index contributed by atoms with van der Waals surface area (Å²) < 4.78 is 30.4. The summed E-state index contributed by atoms with van der Waals surface area (Å²) in [5.74, 6) is 0. The Morgan fingerprint density at radius 2 is 2.09 bits per heavy atom. The second-order valence-corrected chi connectivity index (χ2v) is 8.99. The Morgan fingerprint density at radius 1 is 1.43 bits per heavy atom. The number of carbonyl (C=O) groups is 1. The molecule has 0 aliphatic carbocycles. The normalized spacial score (nSPS) is 19.0. The molecule has 1 aromatic heterocycles. The number of halogens is 1. The summed E-state index contributed by atoms with van der Waals surface area (Å²) in [7, 11) is -3.74. The van der Waals surface area contributed by atoms with Crippen LogP contribution in [0.25, 0.3) is 0 Å². The van der Waals surface area contributed by atoms with Gasteiger partial charge in [-0.05, 0) is 34.1 Å². The van der Waals surface area contributed by atoms with Crippen molar-refractivity contribution in [1.82, 2.24) is 14.9 Å². The van der Waals surface area contributed by atoms with E-state index < -0.39 is 26.8 Å². The number of ether oxygens (including phenoxy) is 1. The van der Waals surface area contributed by atoms with Gasteiger partial charge < -0.3 is 9.64 Å². The largest absolute Gasteiger partial charge is 0.444 e. The van der Waals surface area contributed by atoms with Gasteiger partial charge in [0.2, 0.25) is 15.0 Å². The Morgan fingerprint density at radius 3 is 2.65 bits per heavy atom.